The van der Waals surface area contributed by atoms with Crippen molar-refractivity contribution in [2.45, 2.75) is 25.1 Å². The molecule has 2 aromatic heterocycles. The summed E-state index contributed by atoms with van der Waals surface area (Å²) < 4.78 is 29.9. The molecule has 1 saturated heterocycles. The van der Waals surface area contributed by atoms with Crippen LogP contribution in [0.5, 0.6) is 0 Å². The summed E-state index contributed by atoms with van der Waals surface area (Å²) in [7, 11) is 0. The molecule has 1 N–H and O–H groups in total. The van der Waals surface area contributed by atoms with Crippen molar-refractivity contribution < 1.29 is 18.7 Å². The zero-order valence-electron chi connectivity index (χ0n) is 18.8. The summed E-state index contributed by atoms with van der Waals surface area (Å²) in [5.41, 5.74) is -0.983. The fraction of sp³-hybridized carbons (Fsp3) is 0.227. The van der Waals surface area contributed by atoms with E-state index in [9.17, 15) is 18.7 Å². The van der Waals surface area contributed by atoms with Crippen LogP contribution in [-0.4, -0.2) is 68.6 Å². The van der Waals surface area contributed by atoms with E-state index < -0.39 is 23.3 Å². The Hall–Kier alpha value is -4.17. The number of anilines is 1. The zero-order chi connectivity index (χ0) is 25.4. The number of amides is 1. The lowest BCUT2D eigenvalue weighted by Crippen LogP contribution is -2.53. The number of rotatable bonds is 7. The number of hydrogen-bond acceptors (Lipinski definition) is 8. The minimum atomic E-state index is -1.95. The van der Waals surface area contributed by atoms with Gasteiger partial charge in [0.2, 0.25) is 0 Å². The van der Waals surface area contributed by atoms with Crippen LogP contribution < -0.4 is 4.90 Å². The quantitative estimate of drug-likeness (QED) is 0.368. The van der Waals surface area contributed by atoms with E-state index in [2.05, 4.69) is 25.5 Å². The van der Waals surface area contributed by atoms with Gasteiger partial charge in [-0.05, 0) is 54.7 Å². The van der Waals surface area contributed by atoms with Crippen LogP contribution in [0.4, 0.5) is 14.5 Å². The van der Waals surface area contributed by atoms with Crippen LogP contribution >= 0.6 is 12.2 Å². The van der Waals surface area contributed by atoms with Crippen molar-refractivity contribution in [2.75, 3.05) is 11.4 Å². The second-order valence-corrected chi connectivity index (χ2v) is 8.56. The van der Waals surface area contributed by atoms with Crippen molar-refractivity contribution in [1.82, 2.24) is 39.9 Å². The maximum absolute atomic E-state index is 14.9. The van der Waals surface area contributed by atoms with Crippen LogP contribution in [0.2, 0.25) is 0 Å². The predicted octanol–water partition coefficient (Wildman–Crippen LogP) is 1.44. The number of nitrogens with zero attached hydrogens (tertiary/aromatic N) is 9. The zero-order valence-corrected chi connectivity index (χ0v) is 19.6. The Morgan fingerprint density at radius 3 is 2.50 bits per heavy atom. The molecular weight excluding hydrogens is 492 g/mol. The maximum atomic E-state index is 14.9. The number of hydrogen-bond donors (Lipinski definition) is 1. The first-order valence-corrected chi connectivity index (χ1v) is 11.2. The van der Waals surface area contributed by atoms with Gasteiger partial charge in [-0.15, -0.1) is 15.0 Å². The molecule has 3 heterocycles. The highest BCUT2D eigenvalue weighted by Crippen LogP contribution is 2.35. The van der Waals surface area contributed by atoms with E-state index in [0.29, 0.717) is 17.4 Å². The molecule has 0 bridgehead atoms. The Morgan fingerprint density at radius 2 is 1.86 bits per heavy atom. The highest BCUT2D eigenvalue weighted by atomic mass is 32.1. The fourth-order valence-electron chi connectivity index (χ4n) is 4.20. The molecule has 1 aliphatic rings. The molecule has 2 aromatic carbocycles. The second kappa shape index (κ2) is 9.13. The smallest absolute Gasteiger partial charge is 0.252 e. The third-order valence-corrected chi connectivity index (χ3v) is 6.52. The van der Waals surface area contributed by atoms with Gasteiger partial charge in [0.25, 0.3) is 5.91 Å². The number of aromatic nitrogens is 7. The highest BCUT2D eigenvalue weighted by Gasteiger charge is 2.47. The molecule has 4 aromatic rings. The van der Waals surface area contributed by atoms with E-state index in [4.69, 9.17) is 12.2 Å². The van der Waals surface area contributed by atoms with Crippen molar-refractivity contribution in [2.24, 2.45) is 0 Å². The molecule has 184 valence electrons. The number of benzene rings is 2. The van der Waals surface area contributed by atoms with Crippen molar-refractivity contribution in [3.63, 3.8) is 0 Å². The molecule has 1 amide bonds. The average Bonchev–Trinajstić information content (AvgIpc) is 3.61. The monoisotopic (exact) mass is 511 g/mol. The Bertz CT molecular complexity index is 1400. The summed E-state index contributed by atoms with van der Waals surface area (Å²) in [6.45, 7) is 1.24. The molecule has 0 radical (unpaired) electrons. The van der Waals surface area contributed by atoms with Gasteiger partial charge in [0.1, 0.15) is 36.4 Å². The van der Waals surface area contributed by atoms with Gasteiger partial charge >= 0.3 is 0 Å². The summed E-state index contributed by atoms with van der Waals surface area (Å²) in [4.78, 5) is 21.1. The average molecular weight is 512 g/mol. The van der Waals surface area contributed by atoms with E-state index in [1.54, 1.807) is 31.2 Å². The van der Waals surface area contributed by atoms with Crippen LogP contribution in [0.15, 0.2) is 61.4 Å². The Morgan fingerprint density at radius 1 is 1.11 bits per heavy atom. The molecule has 11 nitrogen and oxygen atoms in total. The summed E-state index contributed by atoms with van der Waals surface area (Å²) in [5, 5.41) is 27.4. The van der Waals surface area contributed by atoms with Crippen molar-refractivity contribution in [3.8, 4) is 5.69 Å². The molecule has 14 heteroatoms. The van der Waals surface area contributed by atoms with E-state index >= 15 is 0 Å². The lowest BCUT2D eigenvalue weighted by atomic mass is 9.85. The standard InChI is InChI=1S/C22H19F2N9O2S/c1-14(22(35,10-30-13-25-11-27-30)18-7-2-15(23)8-19(18)24)31-9-20(34)32(21(31)36)16-3-5-17(6-4-16)33-28-12-26-29-33/h2-8,11-14,35H,9-10H2,1H3/t14-,22-/m0/s1. The SMILES string of the molecule is C[C@H](N1CC(=O)N(c2ccc(-n3ncnn3)cc2)C1=S)[C@@](O)(Cn1cncn1)c1ccc(F)cc1F. The minimum Gasteiger partial charge on any atom is -0.381 e. The van der Waals surface area contributed by atoms with Gasteiger partial charge < -0.3 is 10.0 Å². The summed E-state index contributed by atoms with van der Waals surface area (Å²) in [6, 6.07) is 8.77. The van der Waals surface area contributed by atoms with Crippen LogP contribution in [-0.2, 0) is 16.9 Å². The molecule has 0 aliphatic carbocycles. The van der Waals surface area contributed by atoms with Gasteiger partial charge in [-0.1, -0.05) is 6.07 Å². The van der Waals surface area contributed by atoms with Crippen molar-refractivity contribution in [3.05, 3.63) is 78.6 Å². The van der Waals surface area contributed by atoms with Crippen LogP contribution in [0.25, 0.3) is 5.69 Å². The van der Waals surface area contributed by atoms with E-state index in [0.717, 1.165) is 6.07 Å². The molecule has 0 spiro atoms. The van der Waals surface area contributed by atoms with Crippen LogP contribution in [0.3, 0.4) is 0 Å². The molecule has 5 rings (SSSR count). The van der Waals surface area contributed by atoms with Crippen molar-refractivity contribution >= 4 is 28.9 Å². The van der Waals surface area contributed by atoms with Crippen LogP contribution in [0, 0.1) is 11.6 Å². The van der Waals surface area contributed by atoms with Crippen LogP contribution in [0.1, 0.15) is 12.5 Å². The van der Waals surface area contributed by atoms with Gasteiger partial charge in [0.15, 0.2) is 11.4 Å². The van der Waals surface area contributed by atoms with Gasteiger partial charge in [-0.3, -0.25) is 9.69 Å². The molecule has 0 saturated carbocycles. The number of aliphatic hydroxyl groups is 1. The summed E-state index contributed by atoms with van der Waals surface area (Å²) >= 11 is 5.62. The number of thiocarbonyl (C=S) groups is 1. The normalized spacial score (nSPS) is 16.4. The first kappa shape index (κ1) is 23.6. The Labute approximate surface area is 208 Å². The minimum absolute atomic E-state index is 0.124. The van der Waals surface area contributed by atoms with Gasteiger partial charge in [-0.2, -0.15) is 5.10 Å². The van der Waals surface area contributed by atoms with Gasteiger partial charge in [0, 0.05) is 11.6 Å². The Balaban J connectivity index is 1.46. The first-order chi connectivity index (χ1) is 17.3. The first-order valence-electron chi connectivity index (χ1n) is 10.8. The predicted molar refractivity (Wildman–Crippen MR) is 126 cm³/mol. The summed E-state index contributed by atoms with van der Waals surface area (Å²) in [6.07, 6.45) is 3.94. The van der Waals surface area contributed by atoms with Crippen molar-refractivity contribution in [1.29, 1.82) is 0 Å². The number of carbonyl (C=O) groups is 1. The number of tetrazole rings is 1. The topological polar surface area (TPSA) is 118 Å². The number of halogens is 2. The highest BCUT2D eigenvalue weighted by molar-refractivity contribution is 7.80. The molecule has 2 atom stereocenters. The molecule has 1 aliphatic heterocycles. The number of carbonyl (C=O) groups excluding carboxylic acids is 1. The van der Waals surface area contributed by atoms with E-state index in [1.807, 2.05) is 0 Å². The van der Waals surface area contributed by atoms with E-state index in [1.165, 1.54) is 44.3 Å². The molecular formula is C22H19F2N9O2S. The van der Waals surface area contributed by atoms with E-state index in [-0.39, 0.29) is 29.7 Å². The molecule has 1 fully saturated rings. The van der Waals surface area contributed by atoms with Gasteiger partial charge in [-0.25, -0.2) is 18.4 Å². The maximum Gasteiger partial charge on any atom is 0.252 e. The summed E-state index contributed by atoms with van der Waals surface area (Å²) in [5.74, 6) is -2.05. The third-order valence-electron chi connectivity index (χ3n) is 6.11. The molecule has 0 unspecified atom stereocenters. The fourth-order valence-corrected chi connectivity index (χ4v) is 4.63. The largest absolute Gasteiger partial charge is 0.381 e. The third kappa shape index (κ3) is 4.09. The lowest BCUT2D eigenvalue weighted by molar-refractivity contribution is -0.117. The lowest BCUT2D eigenvalue weighted by Gasteiger charge is -2.40. The molecule has 36 heavy (non-hydrogen) atoms. The second-order valence-electron chi connectivity index (χ2n) is 8.20. The van der Waals surface area contributed by atoms with Gasteiger partial charge in [0.05, 0.1) is 24.0 Å². The Kier molecular flexibility index (Phi) is 5.97.